The van der Waals surface area contributed by atoms with Crippen molar-refractivity contribution in [2.24, 2.45) is 5.73 Å². The standard InChI is InChI=1S/C9H12IN/c10-9(6-7-11)8-4-2-1-3-5-8/h1-5,9H,6-7,11H2. The first-order valence-corrected chi connectivity index (χ1v) is 4.98. The Bertz CT molecular complexity index is 198. The van der Waals surface area contributed by atoms with Gasteiger partial charge in [0.05, 0.1) is 0 Å². The van der Waals surface area contributed by atoms with Crippen LogP contribution in [-0.2, 0) is 0 Å². The lowest BCUT2D eigenvalue weighted by atomic mass is 10.1. The Balaban J connectivity index is 2.61. The molecule has 60 valence electrons. The van der Waals surface area contributed by atoms with Gasteiger partial charge in [-0.3, -0.25) is 0 Å². The number of nitrogens with two attached hydrogens (primary N) is 1. The van der Waals surface area contributed by atoms with E-state index in [1.165, 1.54) is 5.56 Å². The number of alkyl halides is 1. The van der Waals surface area contributed by atoms with Gasteiger partial charge in [-0.25, -0.2) is 0 Å². The van der Waals surface area contributed by atoms with E-state index in [2.05, 4.69) is 46.9 Å². The first kappa shape index (κ1) is 9.00. The van der Waals surface area contributed by atoms with Crippen LogP contribution in [-0.4, -0.2) is 6.54 Å². The summed E-state index contributed by atoms with van der Waals surface area (Å²) in [4.78, 5) is 0. The summed E-state index contributed by atoms with van der Waals surface area (Å²) >= 11 is 2.43. The molecule has 0 fully saturated rings. The van der Waals surface area contributed by atoms with E-state index in [-0.39, 0.29) is 0 Å². The fourth-order valence-corrected chi connectivity index (χ4v) is 1.75. The van der Waals surface area contributed by atoms with Gasteiger partial charge in [-0.2, -0.15) is 0 Å². The van der Waals surface area contributed by atoms with Crippen molar-refractivity contribution in [3.8, 4) is 0 Å². The van der Waals surface area contributed by atoms with Crippen LogP contribution in [0.15, 0.2) is 30.3 Å². The maximum atomic E-state index is 5.46. The highest BCUT2D eigenvalue weighted by molar-refractivity contribution is 14.1. The van der Waals surface area contributed by atoms with Gasteiger partial charge in [-0.05, 0) is 18.5 Å². The Hall–Kier alpha value is -0.0900. The molecule has 1 atom stereocenters. The lowest BCUT2D eigenvalue weighted by Crippen LogP contribution is -2.02. The summed E-state index contributed by atoms with van der Waals surface area (Å²) in [5.74, 6) is 0. The van der Waals surface area contributed by atoms with E-state index in [4.69, 9.17) is 5.73 Å². The highest BCUT2D eigenvalue weighted by Gasteiger charge is 2.03. The molecular formula is C9H12IN. The van der Waals surface area contributed by atoms with Crippen LogP contribution in [0.4, 0.5) is 0 Å². The molecule has 1 aromatic rings. The summed E-state index contributed by atoms with van der Waals surface area (Å²) in [6, 6.07) is 10.5. The number of hydrogen-bond acceptors (Lipinski definition) is 1. The summed E-state index contributed by atoms with van der Waals surface area (Å²) in [5, 5.41) is 0. The third kappa shape index (κ3) is 2.79. The van der Waals surface area contributed by atoms with Gasteiger partial charge in [-0.1, -0.05) is 52.9 Å². The summed E-state index contributed by atoms with van der Waals surface area (Å²) in [5.41, 5.74) is 6.84. The van der Waals surface area contributed by atoms with E-state index >= 15 is 0 Å². The summed E-state index contributed by atoms with van der Waals surface area (Å²) in [7, 11) is 0. The van der Waals surface area contributed by atoms with Gasteiger partial charge in [0, 0.05) is 3.92 Å². The molecule has 11 heavy (non-hydrogen) atoms. The zero-order valence-corrected chi connectivity index (χ0v) is 8.49. The summed E-state index contributed by atoms with van der Waals surface area (Å²) in [6.45, 7) is 0.766. The Morgan fingerprint density at radius 2 is 1.91 bits per heavy atom. The molecule has 2 heteroatoms. The van der Waals surface area contributed by atoms with Crippen molar-refractivity contribution in [1.82, 2.24) is 0 Å². The third-order valence-electron chi connectivity index (χ3n) is 1.58. The van der Waals surface area contributed by atoms with Crippen LogP contribution in [0.2, 0.25) is 0 Å². The van der Waals surface area contributed by atoms with Crippen molar-refractivity contribution < 1.29 is 0 Å². The normalized spacial score (nSPS) is 12.9. The van der Waals surface area contributed by atoms with E-state index in [1.807, 2.05) is 6.07 Å². The van der Waals surface area contributed by atoms with Crippen LogP contribution in [0.3, 0.4) is 0 Å². The zero-order valence-electron chi connectivity index (χ0n) is 6.33. The van der Waals surface area contributed by atoms with Crippen LogP contribution in [0.25, 0.3) is 0 Å². The van der Waals surface area contributed by atoms with Crippen molar-refractivity contribution in [1.29, 1.82) is 0 Å². The predicted molar refractivity (Wildman–Crippen MR) is 56.9 cm³/mol. The van der Waals surface area contributed by atoms with Crippen LogP contribution >= 0.6 is 22.6 Å². The third-order valence-corrected chi connectivity index (χ3v) is 2.92. The molecule has 0 saturated heterocycles. The largest absolute Gasteiger partial charge is 0.330 e. The van der Waals surface area contributed by atoms with Gasteiger partial charge in [0.1, 0.15) is 0 Å². The molecule has 0 heterocycles. The van der Waals surface area contributed by atoms with Gasteiger partial charge in [0.2, 0.25) is 0 Å². The van der Waals surface area contributed by atoms with E-state index < -0.39 is 0 Å². The Morgan fingerprint density at radius 3 is 2.45 bits per heavy atom. The minimum atomic E-state index is 0.568. The van der Waals surface area contributed by atoms with Crippen molar-refractivity contribution in [3.05, 3.63) is 35.9 Å². The Kier molecular flexibility index (Phi) is 3.86. The fourth-order valence-electron chi connectivity index (χ4n) is 0.975. The van der Waals surface area contributed by atoms with Crippen molar-refractivity contribution in [2.75, 3.05) is 6.54 Å². The topological polar surface area (TPSA) is 26.0 Å². The van der Waals surface area contributed by atoms with E-state index in [1.54, 1.807) is 0 Å². The molecule has 1 aromatic carbocycles. The molecule has 0 aromatic heterocycles. The monoisotopic (exact) mass is 261 g/mol. The van der Waals surface area contributed by atoms with Crippen molar-refractivity contribution in [2.45, 2.75) is 10.3 Å². The highest BCUT2D eigenvalue weighted by atomic mass is 127. The second-order valence-corrected chi connectivity index (χ2v) is 3.96. The lowest BCUT2D eigenvalue weighted by molar-refractivity contribution is 0.837. The number of halogens is 1. The first-order chi connectivity index (χ1) is 5.34. The maximum absolute atomic E-state index is 5.46. The first-order valence-electron chi connectivity index (χ1n) is 3.73. The van der Waals surface area contributed by atoms with Gasteiger partial charge >= 0.3 is 0 Å². The van der Waals surface area contributed by atoms with E-state index in [0.29, 0.717) is 3.92 Å². The fraction of sp³-hybridized carbons (Fsp3) is 0.333. The molecular weight excluding hydrogens is 249 g/mol. The molecule has 1 rings (SSSR count). The van der Waals surface area contributed by atoms with Crippen LogP contribution in [0.5, 0.6) is 0 Å². The molecule has 0 aliphatic carbocycles. The van der Waals surface area contributed by atoms with E-state index in [0.717, 1.165) is 13.0 Å². The van der Waals surface area contributed by atoms with Gasteiger partial charge in [0.15, 0.2) is 0 Å². The molecule has 2 N–H and O–H groups in total. The van der Waals surface area contributed by atoms with Gasteiger partial charge < -0.3 is 5.73 Å². The van der Waals surface area contributed by atoms with E-state index in [9.17, 15) is 0 Å². The SMILES string of the molecule is NCCC(I)c1ccccc1. The number of benzene rings is 1. The zero-order chi connectivity index (χ0) is 8.10. The van der Waals surface area contributed by atoms with Gasteiger partial charge in [0.25, 0.3) is 0 Å². The van der Waals surface area contributed by atoms with Crippen molar-refractivity contribution >= 4 is 22.6 Å². The second kappa shape index (κ2) is 4.72. The van der Waals surface area contributed by atoms with Crippen molar-refractivity contribution in [3.63, 3.8) is 0 Å². The quantitative estimate of drug-likeness (QED) is 0.656. The molecule has 0 saturated carbocycles. The van der Waals surface area contributed by atoms with Crippen LogP contribution in [0, 0.1) is 0 Å². The molecule has 0 amide bonds. The molecule has 0 aliphatic heterocycles. The minimum absolute atomic E-state index is 0.568. The molecule has 0 radical (unpaired) electrons. The molecule has 1 unspecified atom stereocenters. The predicted octanol–water partition coefficient (Wildman–Crippen LogP) is 2.51. The maximum Gasteiger partial charge on any atom is 0.0371 e. The lowest BCUT2D eigenvalue weighted by Gasteiger charge is -2.07. The van der Waals surface area contributed by atoms with Crippen LogP contribution in [0.1, 0.15) is 15.9 Å². The Labute approximate surface area is 81.1 Å². The summed E-state index contributed by atoms with van der Waals surface area (Å²) < 4.78 is 0.568. The van der Waals surface area contributed by atoms with Gasteiger partial charge in [-0.15, -0.1) is 0 Å². The highest BCUT2D eigenvalue weighted by Crippen LogP contribution is 2.25. The summed E-state index contributed by atoms with van der Waals surface area (Å²) in [6.07, 6.45) is 1.06. The molecule has 0 spiro atoms. The smallest absolute Gasteiger partial charge is 0.0371 e. The average Bonchev–Trinajstić information content (AvgIpc) is 2.07. The molecule has 0 aliphatic rings. The number of rotatable bonds is 3. The molecule has 1 nitrogen and oxygen atoms in total. The molecule has 0 bridgehead atoms. The number of hydrogen-bond donors (Lipinski definition) is 1. The average molecular weight is 261 g/mol. The second-order valence-electron chi connectivity index (χ2n) is 2.46. The van der Waals surface area contributed by atoms with Crippen LogP contribution < -0.4 is 5.73 Å². The Morgan fingerprint density at radius 1 is 1.27 bits per heavy atom. The minimum Gasteiger partial charge on any atom is -0.330 e.